The van der Waals surface area contributed by atoms with E-state index in [-0.39, 0.29) is 17.9 Å². The normalized spacial score (nSPS) is 23.2. The number of amides is 1. The Morgan fingerprint density at radius 3 is 3.05 bits per heavy atom. The van der Waals surface area contributed by atoms with Gasteiger partial charge in [0.05, 0.1) is 6.04 Å². The standard InChI is InChI=1S/C16H24N4O/c1-12(17-16(21)13-8-4-2-5-9-13)15-19-18-14-10-6-3-7-11-20(14)15/h2,4,12-13H,3,5-11H2,1H3,(H,17,21)/t12-,13-/m1/s1. The van der Waals surface area contributed by atoms with Crippen LogP contribution in [0.15, 0.2) is 12.2 Å². The Bertz CT molecular complexity index is 534. The molecule has 2 aliphatic rings. The second kappa shape index (κ2) is 6.41. The highest BCUT2D eigenvalue weighted by Crippen LogP contribution is 2.21. The lowest BCUT2D eigenvalue weighted by atomic mass is 9.93. The number of aromatic nitrogens is 3. The molecule has 0 saturated heterocycles. The number of fused-ring (bicyclic) bond motifs is 1. The van der Waals surface area contributed by atoms with E-state index in [1.54, 1.807) is 0 Å². The van der Waals surface area contributed by atoms with E-state index in [1.165, 1.54) is 19.3 Å². The van der Waals surface area contributed by atoms with Gasteiger partial charge in [-0.25, -0.2) is 0 Å². The molecule has 3 rings (SSSR count). The first kappa shape index (κ1) is 14.3. The van der Waals surface area contributed by atoms with Crippen molar-refractivity contribution in [3.63, 3.8) is 0 Å². The van der Waals surface area contributed by atoms with Gasteiger partial charge in [0.1, 0.15) is 5.82 Å². The van der Waals surface area contributed by atoms with Gasteiger partial charge in [0.2, 0.25) is 5.91 Å². The fourth-order valence-electron chi connectivity index (χ4n) is 3.26. The Kier molecular flexibility index (Phi) is 4.36. The highest BCUT2D eigenvalue weighted by atomic mass is 16.1. The molecule has 1 aromatic heterocycles. The summed E-state index contributed by atoms with van der Waals surface area (Å²) in [6.45, 7) is 2.99. The van der Waals surface area contributed by atoms with Crippen molar-refractivity contribution in [2.45, 2.75) is 64.5 Å². The third-order valence-corrected chi connectivity index (χ3v) is 4.52. The number of allylic oxidation sites excluding steroid dienone is 2. The molecule has 5 heteroatoms. The maximum absolute atomic E-state index is 12.3. The van der Waals surface area contributed by atoms with Crippen molar-refractivity contribution in [1.82, 2.24) is 20.1 Å². The van der Waals surface area contributed by atoms with Crippen LogP contribution in [0.5, 0.6) is 0 Å². The number of carbonyl (C=O) groups excluding carboxylic acids is 1. The minimum absolute atomic E-state index is 0.0669. The molecule has 2 atom stereocenters. The van der Waals surface area contributed by atoms with E-state index in [1.807, 2.05) is 6.92 Å². The lowest BCUT2D eigenvalue weighted by Crippen LogP contribution is -2.34. The smallest absolute Gasteiger partial charge is 0.224 e. The average Bonchev–Trinajstić information content (AvgIpc) is 2.77. The van der Waals surface area contributed by atoms with E-state index >= 15 is 0 Å². The Balaban J connectivity index is 1.67. The summed E-state index contributed by atoms with van der Waals surface area (Å²) in [5, 5.41) is 11.8. The van der Waals surface area contributed by atoms with E-state index in [0.717, 1.165) is 43.9 Å². The number of rotatable bonds is 3. The third kappa shape index (κ3) is 3.17. The van der Waals surface area contributed by atoms with Crippen LogP contribution in [0.3, 0.4) is 0 Å². The molecule has 0 spiro atoms. The van der Waals surface area contributed by atoms with Crippen LogP contribution in [0.2, 0.25) is 0 Å². The molecule has 0 saturated carbocycles. The highest BCUT2D eigenvalue weighted by Gasteiger charge is 2.24. The van der Waals surface area contributed by atoms with E-state index < -0.39 is 0 Å². The molecule has 1 aromatic rings. The molecule has 0 bridgehead atoms. The van der Waals surface area contributed by atoms with Gasteiger partial charge in [-0.1, -0.05) is 18.6 Å². The summed E-state index contributed by atoms with van der Waals surface area (Å²) < 4.78 is 2.21. The largest absolute Gasteiger partial charge is 0.346 e. The van der Waals surface area contributed by atoms with E-state index in [0.29, 0.717) is 0 Å². The maximum atomic E-state index is 12.3. The molecule has 114 valence electrons. The Morgan fingerprint density at radius 2 is 2.24 bits per heavy atom. The number of carbonyl (C=O) groups is 1. The van der Waals surface area contributed by atoms with Crippen LogP contribution < -0.4 is 5.32 Å². The molecule has 0 aromatic carbocycles. The topological polar surface area (TPSA) is 59.8 Å². The summed E-state index contributed by atoms with van der Waals surface area (Å²) in [4.78, 5) is 12.3. The van der Waals surface area contributed by atoms with Crippen molar-refractivity contribution in [2.24, 2.45) is 5.92 Å². The van der Waals surface area contributed by atoms with Crippen LogP contribution >= 0.6 is 0 Å². The van der Waals surface area contributed by atoms with Gasteiger partial charge in [-0.2, -0.15) is 0 Å². The minimum atomic E-state index is -0.0669. The SMILES string of the molecule is C[C@@H](NC(=O)[C@@H]1CC=CCC1)c1nnc2n1CCCCC2. The van der Waals surface area contributed by atoms with Gasteiger partial charge in [0.25, 0.3) is 0 Å². The number of nitrogens with one attached hydrogen (secondary N) is 1. The molecule has 5 nitrogen and oxygen atoms in total. The fraction of sp³-hybridized carbons (Fsp3) is 0.688. The lowest BCUT2D eigenvalue weighted by molar-refractivity contribution is -0.125. The molecule has 0 radical (unpaired) electrons. The van der Waals surface area contributed by atoms with Crippen molar-refractivity contribution in [2.75, 3.05) is 0 Å². The molecule has 1 amide bonds. The predicted octanol–water partition coefficient (Wildman–Crippen LogP) is 2.54. The number of hydrogen-bond acceptors (Lipinski definition) is 3. The van der Waals surface area contributed by atoms with Gasteiger partial charge in [-0.05, 0) is 39.0 Å². The van der Waals surface area contributed by atoms with Gasteiger partial charge < -0.3 is 9.88 Å². The van der Waals surface area contributed by atoms with Crippen LogP contribution in [0, 0.1) is 5.92 Å². The molecule has 1 N–H and O–H groups in total. The van der Waals surface area contributed by atoms with Crippen LogP contribution in [0.1, 0.15) is 63.1 Å². The van der Waals surface area contributed by atoms with Crippen molar-refractivity contribution >= 4 is 5.91 Å². The predicted molar refractivity (Wildman–Crippen MR) is 80.6 cm³/mol. The summed E-state index contributed by atoms with van der Waals surface area (Å²) in [5.41, 5.74) is 0. The second-order valence-electron chi connectivity index (χ2n) is 6.15. The molecular weight excluding hydrogens is 264 g/mol. The van der Waals surface area contributed by atoms with Crippen molar-refractivity contribution in [1.29, 1.82) is 0 Å². The van der Waals surface area contributed by atoms with E-state index in [2.05, 4.69) is 32.2 Å². The molecule has 1 aliphatic heterocycles. The molecule has 0 unspecified atom stereocenters. The Hall–Kier alpha value is -1.65. The highest BCUT2D eigenvalue weighted by molar-refractivity contribution is 5.79. The summed E-state index contributed by atoms with van der Waals surface area (Å²) in [6, 6.07) is -0.0669. The zero-order chi connectivity index (χ0) is 14.7. The van der Waals surface area contributed by atoms with Crippen LogP contribution in [0.25, 0.3) is 0 Å². The first-order valence-electron chi connectivity index (χ1n) is 8.13. The summed E-state index contributed by atoms with van der Waals surface area (Å²) in [6.07, 6.45) is 11.7. The van der Waals surface area contributed by atoms with Crippen LogP contribution in [-0.2, 0) is 17.8 Å². The van der Waals surface area contributed by atoms with Crippen molar-refractivity contribution in [3.8, 4) is 0 Å². The monoisotopic (exact) mass is 288 g/mol. The summed E-state index contributed by atoms with van der Waals surface area (Å²) >= 11 is 0. The second-order valence-corrected chi connectivity index (χ2v) is 6.15. The minimum Gasteiger partial charge on any atom is -0.346 e. The first-order chi connectivity index (χ1) is 10.3. The number of nitrogens with zero attached hydrogens (tertiary/aromatic N) is 3. The number of aryl methyl sites for hydroxylation is 1. The van der Waals surface area contributed by atoms with Gasteiger partial charge >= 0.3 is 0 Å². The van der Waals surface area contributed by atoms with Gasteiger partial charge in [-0.15, -0.1) is 10.2 Å². The van der Waals surface area contributed by atoms with Gasteiger partial charge in [0.15, 0.2) is 5.82 Å². The molecule has 0 fully saturated rings. The zero-order valence-electron chi connectivity index (χ0n) is 12.7. The molecule has 21 heavy (non-hydrogen) atoms. The third-order valence-electron chi connectivity index (χ3n) is 4.52. The van der Waals surface area contributed by atoms with Gasteiger partial charge in [0, 0.05) is 18.9 Å². The van der Waals surface area contributed by atoms with Crippen LogP contribution in [0.4, 0.5) is 0 Å². The van der Waals surface area contributed by atoms with Crippen molar-refractivity contribution in [3.05, 3.63) is 23.8 Å². The van der Waals surface area contributed by atoms with E-state index in [9.17, 15) is 4.79 Å². The first-order valence-corrected chi connectivity index (χ1v) is 8.13. The molecule has 1 aliphatic carbocycles. The molecular formula is C16H24N4O. The quantitative estimate of drug-likeness (QED) is 0.870. The fourth-order valence-corrected chi connectivity index (χ4v) is 3.26. The Labute approximate surface area is 125 Å². The Morgan fingerprint density at radius 1 is 1.33 bits per heavy atom. The number of hydrogen-bond donors (Lipinski definition) is 1. The summed E-state index contributed by atoms with van der Waals surface area (Å²) in [7, 11) is 0. The zero-order valence-corrected chi connectivity index (χ0v) is 12.7. The summed E-state index contributed by atoms with van der Waals surface area (Å²) in [5.74, 6) is 2.25. The lowest BCUT2D eigenvalue weighted by Gasteiger charge is -2.21. The van der Waals surface area contributed by atoms with Crippen molar-refractivity contribution < 1.29 is 4.79 Å². The maximum Gasteiger partial charge on any atom is 0.224 e. The van der Waals surface area contributed by atoms with Gasteiger partial charge in [-0.3, -0.25) is 4.79 Å². The average molecular weight is 288 g/mol. The van der Waals surface area contributed by atoms with E-state index in [4.69, 9.17) is 0 Å². The van der Waals surface area contributed by atoms with Crippen LogP contribution in [-0.4, -0.2) is 20.7 Å². The molecule has 2 heterocycles.